The van der Waals surface area contributed by atoms with Gasteiger partial charge in [-0.2, -0.15) is 0 Å². The molecule has 27 heavy (non-hydrogen) atoms. The van der Waals surface area contributed by atoms with E-state index in [0.29, 0.717) is 0 Å². The van der Waals surface area contributed by atoms with Gasteiger partial charge in [0.05, 0.1) is 5.69 Å². The number of rotatable bonds is 2. The van der Waals surface area contributed by atoms with Crippen molar-refractivity contribution in [2.75, 3.05) is 0 Å². The molecular formula is C22H21N5. The predicted molar refractivity (Wildman–Crippen MR) is 110 cm³/mol. The average molecular weight is 355 g/mol. The Kier molecular flexibility index (Phi) is 4.42. The Balaban J connectivity index is 0.000000872. The van der Waals surface area contributed by atoms with Gasteiger partial charge in [-0.25, -0.2) is 9.97 Å². The van der Waals surface area contributed by atoms with Crippen molar-refractivity contribution in [1.82, 2.24) is 24.9 Å². The molecule has 0 aromatic carbocycles. The standard InChI is InChI=1S/C20H15N5.C2H6/c1-12-17(15-8-13-4-6-21-19(13)23-10-15)2-3-18(25-12)16-9-14-5-7-22-20(14)24-11-16;1-2/h2-11H,1H3,(H,21,23)(H,22,24);1-2H3. The molecule has 0 bridgehead atoms. The van der Waals surface area contributed by atoms with E-state index in [1.807, 2.05) is 63.8 Å². The van der Waals surface area contributed by atoms with E-state index in [1.54, 1.807) is 0 Å². The zero-order valence-electron chi connectivity index (χ0n) is 15.6. The third-order valence-corrected chi connectivity index (χ3v) is 4.49. The highest BCUT2D eigenvalue weighted by molar-refractivity contribution is 5.83. The third kappa shape index (κ3) is 3.08. The van der Waals surface area contributed by atoms with Crippen molar-refractivity contribution in [1.29, 1.82) is 0 Å². The Morgan fingerprint density at radius 1 is 0.741 bits per heavy atom. The summed E-state index contributed by atoms with van der Waals surface area (Å²) in [5, 5.41) is 2.19. The second-order valence-corrected chi connectivity index (χ2v) is 6.11. The van der Waals surface area contributed by atoms with Crippen LogP contribution in [0.5, 0.6) is 0 Å². The number of fused-ring (bicyclic) bond motifs is 2. The van der Waals surface area contributed by atoms with E-state index < -0.39 is 0 Å². The minimum Gasteiger partial charge on any atom is -0.346 e. The zero-order valence-corrected chi connectivity index (χ0v) is 15.6. The molecule has 0 unspecified atom stereocenters. The number of aromatic nitrogens is 5. The highest BCUT2D eigenvalue weighted by Gasteiger charge is 2.09. The molecule has 0 fully saturated rings. The Morgan fingerprint density at radius 3 is 1.96 bits per heavy atom. The first-order valence-corrected chi connectivity index (χ1v) is 9.12. The molecule has 5 aromatic rings. The fourth-order valence-electron chi connectivity index (χ4n) is 3.19. The fourth-order valence-corrected chi connectivity index (χ4v) is 3.19. The SMILES string of the molecule is CC.Cc1nc(-c2cnc3[nH]ccc3c2)ccc1-c1cnc2[nH]ccc2c1. The fraction of sp³-hybridized carbons (Fsp3) is 0.136. The topological polar surface area (TPSA) is 70.2 Å². The molecule has 0 spiro atoms. The molecule has 0 saturated carbocycles. The van der Waals surface area contributed by atoms with E-state index in [0.717, 1.165) is 50.1 Å². The van der Waals surface area contributed by atoms with Gasteiger partial charge in [0.25, 0.3) is 0 Å². The second kappa shape index (κ2) is 7.03. The van der Waals surface area contributed by atoms with Crippen molar-refractivity contribution in [3.63, 3.8) is 0 Å². The molecule has 0 aliphatic heterocycles. The van der Waals surface area contributed by atoms with E-state index in [2.05, 4.69) is 38.1 Å². The van der Waals surface area contributed by atoms with Crippen LogP contribution in [0.1, 0.15) is 19.5 Å². The van der Waals surface area contributed by atoms with Crippen LogP contribution in [0.25, 0.3) is 44.5 Å². The van der Waals surface area contributed by atoms with Crippen molar-refractivity contribution in [3.8, 4) is 22.4 Å². The van der Waals surface area contributed by atoms with Crippen LogP contribution in [0.2, 0.25) is 0 Å². The maximum Gasteiger partial charge on any atom is 0.137 e. The molecule has 0 radical (unpaired) electrons. The summed E-state index contributed by atoms with van der Waals surface area (Å²) in [5.41, 5.74) is 6.87. The lowest BCUT2D eigenvalue weighted by molar-refractivity contribution is 1.20. The van der Waals surface area contributed by atoms with Crippen LogP contribution >= 0.6 is 0 Å². The predicted octanol–water partition coefficient (Wildman–Crippen LogP) is 5.50. The number of hydrogen-bond donors (Lipinski definition) is 2. The second-order valence-electron chi connectivity index (χ2n) is 6.11. The molecule has 0 amide bonds. The van der Waals surface area contributed by atoms with Gasteiger partial charge < -0.3 is 9.97 Å². The lowest BCUT2D eigenvalue weighted by Gasteiger charge is -2.08. The Bertz CT molecular complexity index is 1220. The molecule has 5 rings (SSSR count). The summed E-state index contributed by atoms with van der Waals surface area (Å²) in [6.45, 7) is 6.03. The van der Waals surface area contributed by atoms with Gasteiger partial charge in [-0.1, -0.05) is 19.9 Å². The first-order valence-electron chi connectivity index (χ1n) is 9.12. The number of nitrogens with one attached hydrogen (secondary N) is 2. The van der Waals surface area contributed by atoms with Gasteiger partial charge in [-0.05, 0) is 37.3 Å². The largest absolute Gasteiger partial charge is 0.346 e. The van der Waals surface area contributed by atoms with Crippen LogP contribution in [-0.2, 0) is 0 Å². The molecule has 5 heteroatoms. The van der Waals surface area contributed by atoms with Gasteiger partial charge in [0.15, 0.2) is 0 Å². The molecule has 0 aliphatic carbocycles. The molecule has 5 heterocycles. The Morgan fingerprint density at radius 2 is 1.33 bits per heavy atom. The molecule has 0 atom stereocenters. The zero-order chi connectivity index (χ0) is 18.8. The maximum absolute atomic E-state index is 4.79. The summed E-state index contributed by atoms with van der Waals surface area (Å²) in [4.78, 5) is 19.9. The molecule has 0 saturated heterocycles. The van der Waals surface area contributed by atoms with E-state index in [9.17, 15) is 0 Å². The van der Waals surface area contributed by atoms with Gasteiger partial charge in [-0.3, -0.25) is 4.98 Å². The monoisotopic (exact) mass is 355 g/mol. The lowest BCUT2D eigenvalue weighted by atomic mass is 10.0. The van der Waals surface area contributed by atoms with Gasteiger partial charge in [-0.15, -0.1) is 0 Å². The van der Waals surface area contributed by atoms with E-state index in [4.69, 9.17) is 4.98 Å². The van der Waals surface area contributed by atoms with Crippen molar-refractivity contribution >= 4 is 22.1 Å². The van der Waals surface area contributed by atoms with Crippen LogP contribution in [0.3, 0.4) is 0 Å². The smallest absolute Gasteiger partial charge is 0.137 e. The minimum atomic E-state index is 0.892. The Labute approximate surface area is 157 Å². The summed E-state index contributed by atoms with van der Waals surface area (Å²) in [6.07, 6.45) is 7.54. The van der Waals surface area contributed by atoms with Crippen LogP contribution in [0, 0.1) is 6.92 Å². The quantitative estimate of drug-likeness (QED) is 0.439. The van der Waals surface area contributed by atoms with Crippen molar-refractivity contribution in [3.05, 3.63) is 66.9 Å². The number of aryl methyl sites for hydroxylation is 1. The van der Waals surface area contributed by atoms with Crippen LogP contribution in [0.4, 0.5) is 0 Å². The van der Waals surface area contributed by atoms with Crippen LogP contribution < -0.4 is 0 Å². The number of hydrogen-bond acceptors (Lipinski definition) is 3. The lowest BCUT2D eigenvalue weighted by Crippen LogP contribution is -1.92. The van der Waals surface area contributed by atoms with Gasteiger partial charge in [0.1, 0.15) is 11.3 Å². The first kappa shape index (κ1) is 17.0. The molecule has 2 N–H and O–H groups in total. The maximum atomic E-state index is 4.79. The molecule has 0 aliphatic rings. The van der Waals surface area contributed by atoms with Crippen LogP contribution in [-0.4, -0.2) is 24.9 Å². The van der Waals surface area contributed by atoms with Crippen molar-refractivity contribution in [2.24, 2.45) is 0 Å². The summed E-state index contributed by atoms with van der Waals surface area (Å²) in [6, 6.07) is 12.4. The number of nitrogens with zero attached hydrogens (tertiary/aromatic N) is 3. The highest BCUT2D eigenvalue weighted by Crippen LogP contribution is 2.28. The van der Waals surface area contributed by atoms with Crippen LogP contribution in [0.15, 0.2) is 61.2 Å². The molecule has 5 nitrogen and oxygen atoms in total. The van der Waals surface area contributed by atoms with Gasteiger partial charge in [0.2, 0.25) is 0 Å². The summed E-state index contributed by atoms with van der Waals surface area (Å²) in [7, 11) is 0. The summed E-state index contributed by atoms with van der Waals surface area (Å²) in [5.74, 6) is 0. The number of pyridine rings is 3. The third-order valence-electron chi connectivity index (χ3n) is 4.49. The van der Waals surface area contributed by atoms with E-state index in [1.165, 1.54) is 0 Å². The summed E-state index contributed by atoms with van der Waals surface area (Å²) < 4.78 is 0. The molecule has 134 valence electrons. The Hall–Kier alpha value is -3.47. The highest BCUT2D eigenvalue weighted by atomic mass is 14.8. The number of H-pyrrole nitrogens is 2. The van der Waals surface area contributed by atoms with E-state index in [-0.39, 0.29) is 0 Å². The van der Waals surface area contributed by atoms with E-state index >= 15 is 0 Å². The van der Waals surface area contributed by atoms with Gasteiger partial charge >= 0.3 is 0 Å². The molecular weight excluding hydrogens is 334 g/mol. The minimum absolute atomic E-state index is 0.892. The molecule has 5 aromatic heterocycles. The van der Waals surface area contributed by atoms with Crippen molar-refractivity contribution < 1.29 is 0 Å². The van der Waals surface area contributed by atoms with Gasteiger partial charge in [0, 0.05) is 57.9 Å². The number of aromatic amines is 2. The normalized spacial score (nSPS) is 10.8. The first-order chi connectivity index (χ1) is 13.3. The average Bonchev–Trinajstić information content (AvgIpc) is 3.37. The van der Waals surface area contributed by atoms with Crippen molar-refractivity contribution in [2.45, 2.75) is 20.8 Å². The summed E-state index contributed by atoms with van der Waals surface area (Å²) >= 11 is 0.